The van der Waals surface area contributed by atoms with E-state index >= 15 is 0 Å². The van der Waals surface area contributed by atoms with E-state index in [1.54, 1.807) is 0 Å². The highest BCUT2D eigenvalue weighted by molar-refractivity contribution is 4.96. The van der Waals surface area contributed by atoms with Gasteiger partial charge in [0.05, 0.1) is 0 Å². The summed E-state index contributed by atoms with van der Waals surface area (Å²) in [4.78, 5) is 0. The standard InChI is InChI=1S/C13H25N/c1-3-4-12-10-14-8-7-13(12)6-5-11(2)9-13/h11-12,14H,3-10H2,1-2H3. The number of piperidine rings is 1. The molecule has 82 valence electrons. The summed E-state index contributed by atoms with van der Waals surface area (Å²) in [6, 6.07) is 0. The Morgan fingerprint density at radius 1 is 1.36 bits per heavy atom. The first-order valence-electron chi connectivity index (χ1n) is 6.47. The van der Waals surface area contributed by atoms with Gasteiger partial charge in [0.25, 0.3) is 0 Å². The molecule has 1 aliphatic carbocycles. The molecule has 1 aliphatic heterocycles. The molecule has 0 aromatic rings. The summed E-state index contributed by atoms with van der Waals surface area (Å²) in [6.45, 7) is 7.34. The summed E-state index contributed by atoms with van der Waals surface area (Å²) in [5, 5.41) is 3.59. The van der Waals surface area contributed by atoms with Crippen molar-refractivity contribution in [3.05, 3.63) is 0 Å². The quantitative estimate of drug-likeness (QED) is 0.713. The Kier molecular flexibility index (Phi) is 3.16. The van der Waals surface area contributed by atoms with Gasteiger partial charge in [-0.3, -0.25) is 0 Å². The van der Waals surface area contributed by atoms with Gasteiger partial charge in [0, 0.05) is 0 Å². The lowest BCUT2D eigenvalue weighted by Crippen LogP contribution is -2.43. The monoisotopic (exact) mass is 195 g/mol. The van der Waals surface area contributed by atoms with E-state index in [2.05, 4.69) is 19.2 Å². The fourth-order valence-corrected chi connectivity index (χ4v) is 3.82. The molecule has 0 bridgehead atoms. The molecule has 1 heterocycles. The molecule has 0 aromatic heterocycles. The van der Waals surface area contributed by atoms with Crippen molar-refractivity contribution in [2.75, 3.05) is 13.1 Å². The van der Waals surface area contributed by atoms with E-state index < -0.39 is 0 Å². The lowest BCUT2D eigenvalue weighted by Gasteiger charge is -2.42. The lowest BCUT2D eigenvalue weighted by atomic mass is 9.67. The highest BCUT2D eigenvalue weighted by Crippen LogP contribution is 2.51. The van der Waals surface area contributed by atoms with Crippen LogP contribution >= 0.6 is 0 Å². The molecule has 1 nitrogen and oxygen atoms in total. The fourth-order valence-electron chi connectivity index (χ4n) is 3.82. The van der Waals surface area contributed by atoms with Crippen LogP contribution in [0.5, 0.6) is 0 Å². The van der Waals surface area contributed by atoms with Crippen molar-refractivity contribution in [2.24, 2.45) is 17.3 Å². The van der Waals surface area contributed by atoms with Crippen LogP contribution in [0.15, 0.2) is 0 Å². The van der Waals surface area contributed by atoms with Crippen molar-refractivity contribution < 1.29 is 0 Å². The minimum absolute atomic E-state index is 0.751. The van der Waals surface area contributed by atoms with Crippen LogP contribution in [0.1, 0.15) is 52.4 Å². The van der Waals surface area contributed by atoms with Gasteiger partial charge in [0.2, 0.25) is 0 Å². The molecule has 1 N–H and O–H groups in total. The van der Waals surface area contributed by atoms with Crippen LogP contribution in [-0.2, 0) is 0 Å². The SMILES string of the molecule is CCCC1CNCCC12CCC(C)C2. The summed E-state index contributed by atoms with van der Waals surface area (Å²) >= 11 is 0. The Morgan fingerprint density at radius 3 is 2.86 bits per heavy atom. The van der Waals surface area contributed by atoms with Gasteiger partial charge in [0.15, 0.2) is 0 Å². The summed E-state index contributed by atoms with van der Waals surface area (Å²) in [7, 11) is 0. The van der Waals surface area contributed by atoms with Crippen molar-refractivity contribution in [1.29, 1.82) is 0 Å². The van der Waals surface area contributed by atoms with Gasteiger partial charge in [0.1, 0.15) is 0 Å². The smallest absolute Gasteiger partial charge is 0.00152 e. The van der Waals surface area contributed by atoms with Gasteiger partial charge < -0.3 is 5.32 Å². The van der Waals surface area contributed by atoms with Crippen LogP contribution in [0.3, 0.4) is 0 Å². The van der Waals surface area contributed by atoms with E-state index in [0.717, 1.165) is 17.3 Å². The maximum Gasteiger partial charge on any atom is -0.00152 e. The fraction of sp³-hybridized carbons (Fsp3) is 1.00. The van der Waals surface area contributed by atoms with E-state index in [9.17, 15) is 0 Å². The number of nitrogens with one attached hydrogen (secondary N) is 1. The first-order valence-corrected chi connectivity index (χ1v) is 6.47. The molecule has 0 aromatic carbocycles. The molecule has 1 heteroatoms. The van der Waals surface area contributed by atoms with Crippen LogP contribution in [0.2, 0.25) is 0 Å². The zero-order chi connectivity index (χ0) is 10.0. The topological polar surface area (TPSA) is 12.0 Å². The molecule has 1 spiro atoms. The maximum atomic E-state index is 3.59. The number of hydrogen-bond acceptors (Lipinski definition) is 1. The predicted molar refractivity (Wildman–Crippen MR) is 61.3 cm³/mol. The van der Waals surface area contributed by atoms with E-state index in [0.29, 0.717) is 0 Å². The van der Waals surface area contributed by atoms with Crippen molar-refractivity contribution in [3.8, 4) is 0 Å². The molecule has 1 saturated heterocycles. The second-order valence-corrected chi connectivity index (χ2v) is 5.65. The average Bonchev–Trinajstić information content (AvgIpc) is 2.53. The third-order valence-corrected chi connectivity index (χ3v) is 4.58. The van der Waals surface area contributed by atoms with Crippen molar-refractivity contribution >= 4 is 0 Å². The van der Waals surface area contributed by atoms with Crippen molar-refractivity contribution in [2.45, 2.75) is 52.4 Å². The molecule has 0 amide bonds. The molecule has 3 unspecified atom stereocenters. The molecule has 3 atom stereocenters. The van der Waals surface area contributed by atoms with Crippen molar-refractivity contribution in [3.63, 3.8) is 0 Å². The van der Waals surface area contributed by atoms with Gasteiger partial charge >= 0.3 is 0 Å². The van der Waals surface area contributed by atoms with Gasteiger partial charge in [-0.15, -0.1) is 0 Å². The van der Waals surface area contributed by atoms with E-state index in [1.807, 2.05) is 0 Å². The highest BCUT2D eigenvalue weighted by atomic mass is 14.9. The lowest BCUT2D eigenvalue weighted by molar-refractivity contribution is 0.102. The van der Waals surface area contributed by atoms with Crippen LogP contribution in [0.4, 0.5) is 0 Å². The minimum atomic E-state index is 0.751. The summed E-state index contributed by atoms with van der Waals surface area (Å²) in [5.41, 5.74) is 0.751. The first-order chi connectivity index (χ1) is 6.77. The third kappa shape index (κ3) is 1.84. The summed E-state index contributed by atoms with van der Waals surface area (Å²) < 4.78 is 0. The van der Waals surface area contributed by atoms with Gasteiger partial charge in [-0.05, 0) is 56.0 Å². The van der Waals surface area contributed by atoms with E-state index in [4.69, 9.17) is 0 Å². The molecule has 2 aliphatic rings. The Labute approximate surface area is 88.7 Å². The largest absolute Gasteiger partial charge is 0.316 e. The molecule has 1 saturated carbocycles. The summed E-state index contributed by atoms with van der Waals surface area (Å²) in [5.74, 6) is 1.97. The third-order valence-electron chi connectivity index (χ3n) is 4.58. The Bertz CT molecular complexity index is 184. The minimum Gasteiger partial charge on any atom is -0.316 e. The van der Waals surface area contributed by atoms with Gasteiger partial charge in [-0.1, -0.05) is 26.7 Å². The van der Waals surface area contributed by atoms with Crippen LogP contribution in [0, 0.1) is 17.3 Å². The van der Waals surface area contributed by atoms with Crippen molar-refractivity contribution in [1.82, 2.24) is 5.32 Å². The second-order valence-electron chi connectivity index (χ2n) is 5.65. The number of hydrogen-bond donors (Lipinski definition) is 1. The molecular formula is C13H25N. The molecular weight excluding hydrogens is 170 g/mol. The van der Waals surface area contributed by atoms with Crippen LogP contribution in [0.25, 0.3) is 0 Å². The molecule has 14 heavy (non-hydrogen) atoms. The summed E-state index contributed by atoms with van der Waals surface area (Å²) in [6.07, 6.45) is 8.77. The first kappa shape index (κ1) is 10.5. The average molecular weight is 195 g/mol. The normalized spacial score (nSPS) is 43.3. The predicted octanol–water partition coefficient (Wildman–Crippen LogP) is 3.20. The van der Waals surface area contributed by atoms with Gasteiger partial charge in [-0.2, -0.15) is 0 Å². The molecule has 2 fully saturated rings. The highest BCUT2D eigenvalue weighted by Gasteiger charge is 2.44. The van der Waals surface area contributed by atoms with Gasteiger partial charge in [-0.25, -0.2) is 0 Å². The van der Waals surface area contributed by atoms with Crippen LogP contribution < -0.4 is 5.32 Å². The zero-order valence-corrected chi connectivity index (χ0v) is 9.81. The van der Waals surface area contributed by atoms with Crippen LogP contribution in [-0.4, -0.2) is 13.1 Å². The maximum absolute atomic E-state index is 3.59. The Morgan fingerprint density at radius 2 is 2.21 bits per heavy atom. The second kappa shape index (κ2) is 4.22. The van der Waals surface area contributed by atoms with E-state index in [-0.39, 0.29) is 0 Å². The molecule has 0 radical (unpaired) electrons. The number of rotatable bonds is 2. The van der Waals surface area contributed by atoms with E-state index in [1.165, 1.54) is 51.6 Å². The molecule has 2 rings (SSSR count). The zero-order valence-electron chi connectivity index (χ0n) is 9.81. The Hall–Kier alpha value is -0.0400. The Balaban J connectivity index is 2.05.